The molecular weight excluding hydrogens is 293 g/mol. The maximum atomic E-state index is 13.6. The fourth-order valence-corrected chi connectivity index (χ4v) is 2.82. The Bertz CT molecular complexity index is 743. The van der Waals surface area contributed by atoms with E-state index < -0.39 is 5.82 Å². The van der Waals surface area contributed by atoms with Crippen LogP contribution in [0.3, 0.4) is 0 Å². The van der Waals surface area contributed by atoms with Crippen molar-refractivity contribution in [2.24, 2.45) is 10.7 Å². The minimum atomic E-state index is -0.398. The summed E-state index contributed by atoms with van der Waals surface area (Å²) in [6, 6.07) is 11.0. The highest BCUT2D eigenvalue weighted by molar-refractivity contribution is 5.92. The van der Waals surface area contributed by atoms with E-state index in [1.165, 1.54) is 30.7 Å². The molecule has 0 aromatic heterocycles. The first-order valence-electron chi connectivity index (χ1n) is 7.67. The Morgan fingerprint density at radius 3 is 2.83 bits per heavy atom. The minimum Gasteiger partial charge on any atom is -0.494 e. The standard InChI is InChI=1S/C18H20FN3O/c1-23-17-8-5-12(9-16(17)19)11-21-18(20)22-15-7-6-13-3-2-4-14(13)10-15/h5-10H,2-4,11H2,1H3,(H3,20,21,22). The van der Waals surface area contributed by atoms with Gasteiger partial charge in [0, 0.05) is 5.69 Å². The fraction of sp³-hybridized carbons (Fsp3) is 0.278. The molecule has 0 unspecified atom stereocenters. The number of anilines is 1. The van der Waals surface area contributed by atoms with Gasteiger partial charge in [-0.25, -0.2) is 9.38 Å². The van der Waals surface area contributed by atoms with Gasteiger partial charge >= 0.3 is 0 Å². The van der Waals surface area contributed by atoms with Gasteiger partial charge < -0.3 is 15.8 Å². The van der Waals surface area contributed by atoms with Crippen molar-refractivity contribution in [1.29, 1.82) is 0 Å². The topological polar surface area (TPSA) is 59.6 Å². The van der Waals surface area contributed by atoms with Crippen LogP contribution in [0.1, 0.15) is 23.1 Å². The van der Waals surface area contributed by atoms with Crippen molar-refractivity contribution < 1.29 is 9.13 Å². The molecule has 1 aliphatic rings. The number of nitrogens with zero attached hydrogens (tertiary/aromatic N) is 1. The van der Waals surface area contributed by atoms with Gasteiger partial charge in [0.25, 0.3) is 0 Å². The van der Waals surface area contributed by atoms with Crippen molar-refractivity contribution in [2.75, 3.05) is 12.4 Å². The molecule has 1 aliphatic carbocycles. The molecular formula is C18H20FN3O. The van der Waals surface area contributed by atoms with Gasteiger partial charge in [-0.15, -0.1) is 0 Å². The van der Waals surface area contributed by atoms with E-state index in [-0.39, 0.29) is 5.75 Å². The number of hydrogen-bond acceptors (Lipinski definition) is 2. The Balaban J connectivity index is 1.65. The number of ether oxygens (including phenoxy) is 1. The zero-order valence-electron chi connectivity index (χ0n) is 13.1. The third-order valence-electron chi connectivity index (χ3n) is 4.02. The molecule has 0 spiro atoms. The number of aryl methyl sites for hydroxylation is 2. The first kappa shape index (κ1) is 15.3. The van der Waals surface area contributed by atoms with Gasteiger partial charge in [-0.1, -0.05) is 12.1 Å². The zero-order valence-corrected chi connectivity index (χ0v) is 13.1. The van der Waals surface area contributed by atoms with Gasteiger partial charge in [-0.05, 0) is 60.2 Å². The molecule has 4 nitrogen and oxygen atoms in total. The van der Waals surface area contributed by atoms with Crippen LogP contribution in [0.25, 0.3) is 0 Å². The number of rotatable bonds is 4. The summed E-state index contributed by atoms with van der Waals surface area (Å²) in [6.45, 7) is 0.310. The lowest BCUT2D eigenvalue weighted by Gasteiger charge is -2.08. The van der Waals surface area contributed by atoms with Crippen LogP contribution in [0.2, 0.25) is 0 Å². The maximum Gasteiger partial charge on any atom is 0.193 e. The molecule has 0 aliphatic heterocycles. The number of halogens is 1. The summed E-state index contributed by atoms with van der Waals surface area (Å²) in [4.78, 5) is 4.26. The fourth-order valence-electron chi connectivity index (χ4n) is 2.82. The summed E-state index contributed by atoms with van der Waals surface area (Å²) in [5, 5.41) is 3.09. The normalized spacial score (nSPS) is 13.7. The third-order valence-corrected chi connectivity index (χ3v) is 4.02. The summed E-state index contributed by atoms with van der Waals surface area (Å²) in [7, 11) is 1.44. The van der Waals surface area contributed by atoms with Crippen LogP contribution in [0.4, 0.5) is 10.1 Å². The lowest BCUT2D eigenvalue weighted by atomic mass is 10.1. The van der Waals surface area contributed by atoms with Gasteiger partial charge in [0.05, 0.1) is 13.7 Å². The van der Waals surface area contributed by atoms with E-state index in [1.807, 2.05) is 6.07 Å². The predicted molar refractivity (Wildman–Crippen MR) is 90.4 cm³/mol. The molecule has 0 heterocycles. The van der Waals surface area contributed by atoms with Crippen LogP contribution in [0.5, 0.6) is 5.75 Å². The van der Waals surface area contributed by atoms with E-state index in [1.54, 1.807) is 12.1 Å². The van der Waals surface area contributed by atoms with E-state index in [0.29, 0.717) is 12.5 Å². The molecule has 0 saturated heterocycles. The second-order valence-electron chi connectivity index (χ2n) is 5.63. The number of benzene rings is 2. The highest BCUT2D eigenvalue weighted by Gasteiger charge is 2.10. The van der Waals surface area contributed by atoms with Crippen molar-refractivity contribution in [2.45, 2.75) is 25.8 Å². The average molecular weight is 313 g/mol. The van der Waals surface area contributed by atoms with Crippen molar-refractivity contribution in [1.82, 2.24) is 0 Å². The number of nitrogens with one attached hydrogen (secondary N) is 1. The zero-order chi connectivity index (χ0) is 16.2. The second kappa shape index (κ2) is 6.69. The predicted octanol–water partition coefficient (Wildman–Crippen LogP) is 3.25. The highest BCUT2D eigenvalue weighted by Crippen LogP contribution is 2.24. The minimum absolute atomic E-state index is 0.224. The maximum absolute atomic E-state index is 13.6. The molecule has 0 saturated carbocycles. The molecule has 0 fully saturated rings. The Labute approximate surface area is 135 Å². The Kier molecular flexibility index (Phi) is 4.46. The summed E-state index contributed by atoms with van der Waals surface area (Å²) >= 11 is 0. The third kappa shape index (κ3) is 3.62. The smallest absolute Gasteiger partial charge is 0.193 e. The quantitative estimate of drug-likeness (QED) is 0.673. The molecule has 2 aromatic carbocycles. The SMILES string of the molecule is COc1ccc(CN=C(N)Nc2ccc3c(c2)CCC3)cc1F. The molecule has 23 heavy (non-hydrogen) atoms. The number of methoxy groups -OCH3 is 1. The monoisotopic (exact) mass is 313 g/mol. The van der Waals surface area contributed by atoms with Gasteiger partial charge in [0.2, 0.25) is 0 Å². The van der Waals surface area contributed by atoms with Crippen LogP contribution in [-0.4, -0.2) is 13.1 Å². The number of aliphatic imine (C=N–C) groups is 1. The first-order valence-corrected chi connectivity index (χ1v) is 7.67. The van der Waals surface area contributed by atoms with Crippen LogP contribution < -0.4 is 15.8 Å². The molecule has 3 rings (SSSR count). The first-order chi connectivity index (χ1) is 11.2. The molecule has 0 amide bonds. The van der Waals surface area contributed by atoms with E-state index in [2.05, 4.69) is 22.4 Å². The van der Waals surface area contributed by atoms with Gasteiger partial charge in [-0.3, -0.25) is 0 Å². The van der Waals surface area contributed by atoms with Crippen molar-refractivity contribution in [3.8, 4) is 5.75 Å². The van der Waals surface area contributed by atoms with E-state index >= 15 is 0 Å². The van der Waals surface area contributed by atoms with Crippen LogP contribution in [0, 0.1) is 5.82 Å². The molecule has 0 radical (unpaired) electrons. The number of nitrogens with two attached hydrogens (primary N) is 1. The number of hydrogen-bond donors (Lipinski definition) is 2. The Morgan fingerprint density at radius 2 is 2.04 bits per heavy atom. The van der Waals surface area contributed by atoms with Gasteiger partial charge in [0.15, 0.2) is 17.5 Å². The van der Waals surface area contributed by atoms with Gasteiger partial charge in [-0.2, -0.15) is 0 Å². The number of fused-ring (bicyclic) bond motifs is 1. The van der Waals surface area contributed by atoms with Crippen LogP contribution >= 0.6 is 0 Å². The van der Waals surface area contributed by atoms with Crippen molar-refractivity contribution in [3.63, 3.8) is 0 Å². The van der Waals surface area contributed by atoms with E-state index in [9.17, 15) is 4.39 Å². The summed E-state index contributed by atoms with van der Waals surface area (Å²) in [5.41, 5.74) is 10.4. The van der Waals surface area contributed by atoms with Crippen molar-refractivity contribution >= 4 is 11.6 Å². The Hall–Kier alpha value is -2.56. The van der Waals surface area contributed by atoms with Gasteiger partial charge in [0.1, 0.15) is 0 Å². The van der Waals surface area contributed by atoms with E-state index in [4.69, 9.17) is 10.5 Å². The lowest BCUT2D eigenvalue weighted by molar-refractivity contribution is 0.386. The average Bonchev–Trinajstić information content (AvgIpc) is 3.01. The highest BCUT2D eigenvalue weighted by atomic mass is 19.1. The summed E-state index contributed by atoms with van der Waals surface area (Å²) in [5.74, 6) is 0.145. The second-order valence-corrected chi connectivity index (χ2v) is 5.63. The molecule has 120 valence electrons. The molecule has 5 heteroatoms. The van der Waals surface area contributed by atoms with Crippen molar-refractivity contribution in [3.05, 3.63) is 58.9 Å². The van der Waals surface area contributed by atoms with Crippen LogP contribution in [0.15, 0.2) is 41.4 Å². The largest absolute Gasteiger partial charge is 0.494 e. The van der Waals surface area contributed by atoms with Crippen LogP contribution in [-0.2, 0) is 19.4 Å². The summed E-state index contributed by atoms with van der Waals surface area (Å²) < 4.78 is 18.5. The number of guanidine groups is 1. The lowest BCUT2D eigenvalue weighted by Crippen LogP contribution is -2.22. The Morgan fingerprint density at radius 1 is 1.22 bits per heavy atom. The van der Waals surface area contributed by atoms with E-state index in [0.717, 1.165) is 24.1 Å². The molecule has 2 aromatic rings. The molecule has 0 atom stereocenters. The molecule has 0 bridgehead atoms. The summed E-state index contributed by atoms with van der Waals surface area (Å²) in [6.07, 6.45) is 3.49. The molecule has 3 N–H and O–H groups in total.